The number of benzene rings is 1. The van der Waals surface area contributed by atoms with E-state index in [0.29, 0.717) is 18.8 Å². The maximum Gasteiger partial charge on any atom is 0.128 e. The number of unbranched alkanes of at least 4 members (excludes halogenated alkanes) is 1. The summed E-state index contributed by atoms with van der Waals surface area (Å²) >= 11 is 0. The molecule has 0 aliphatic heterocycles. The number of ether oxygens (including phenoxy) is 1. The molecule has 0 radical (unpaired) electrons. The van der Waals surface area contributed by atoms with Gasteiger partial charge in [-0.05, 0) is 37.6 Å². The molecule has 0 bridgehead atoms. The van der Waals surface area contributed by atoms with Crippen molar-refractivity contribution in [2.45, 2.75) is 26.0 Å². The number of allylic oxidation sites excluding steroid dienone is 1. The molecule has 1 N–H and O–H groups in total. The highest BCUT2D eigenvalue weighted by molar-refractivity contribution is 5.24. The van der Waals surface area contributed by atoms with Crippen molar-refractivity contribution in [1.82, 2.24) is 5.32 Å². The lowest BCUT2D eigenvalue weighted by Crippen LogP contribution is -2.06. The first-order valence-corrected chi connectivity index (χ1v) is 5.88. The topological polar surface area (TPSA) is 21.3 Å². The molecule has 1 rings (SSSR count). The minimum absolute atomic E-state index is 0.200. The van der Waals surface area contributed by atoms with E-state index in [4.69, 9.17) is 4.74 Å². The van der Waals surface area contributed by atoms with Gasteiger partial charge in [-0.1, -0.05) is 12.1 Å². The zero-order valence-electron chi connectivity index (χ0n) is 10.3. The summed E-state index contributed by atoms with van der Waals surface area (Å²) in [5.41, 5.74) is 1.69. The van der Waals surface area contributed by atoms with Crippen LogP contribution in [0.25, 0.3) is 0 Å². The molecule has 0 saturated heterocycles. The molecule has 0 atom stereocenters. The Hall–Kier alpha value is -1.19. The molecule has 0 aliphatic carbocycles. The number of nitrogens with one attached hydrogen (secondary N) is 1. The normalized spacial score (nSPS) is 10.5. The van der Waals surface area contributed by atoms with Gasteiger partial charge in [0.05, 0.1) is 6.61 Å². The van der Waals surface area contributed by atoms with Gasteiger partial charge in [0.1, 0.15) is 5.82 Å². The first-order valence-electron chi connectivity index (χ1n) is 5.88. The molecular formula is C14H20FNO. The Morgan fingerprint density at radius 3 is 3.00 bits per heavy atom. The molecule has 0 amide bonds. The van der Waals surface area contributed by atoms with Crippen molar-refractivity contribution in [2.24, 2.45) is 0 Å². The van der Waals surface area contributed by atoms with E-state index in [1.54, 1.807) is 6.07 Å². The van der Waals surface area contributed by atoms with Crippen molar-refractivity contribution in [1.29, 1.82) is 0 Å². The van der Waals surface area contributed by atoms with E-state index >= 15 is 0 Å². The molecule has 0 aromatic heterocycles. The maximum absolute atomic E-state index is 13.5. The molecule has 0 fully saturated rings. The van der Waals surface area contributed by atoms with Gasteiger partial charge in [-0.2, -0.15) is 0 Å². The Morgan fingerprint density at radius 1 is 1.47 bits per heavy atom. The molecule has 2 nitrogen and oxygen atoms in total. The summed E-state index contributed by atoms with van der Waals surface area (Å²) in [4.78, 5) is 0. The molecule has 0 unspecified atom stereocenters. The zero-order chi connectivity index (χ0) is 12.5. The fraction of sp³-hybridized carbons (Fsp3) is 0.429. The second-order valence-electron chi connectivity index (χ2n) is 3.94. The number of hydrogen-bond acceptors (Lipinski definition) is 2. The third-order valence-corrected chi connectivity index (χ3v) is 2.45. The second-order valence-corrected chi connectivity index (χ2v) is 3.94. The fourth-order valence-corrected chi connectivity index (χ4v) is 1.56. The Kier molecular flexibility index (Phi) is 6.51. The van der Waals surface area contributed by atoms with E-state index < -0.39 is 0 Å². The van der Waals surface area contributed by atoms with Gasteiger partial charge in [0.15, 0.2) is 0 Å². The zero-order valence-corrected chi connectivity index (χ0v) is 10.3. The first kappa shape index (κ1) is 13.9. The van der Waals surface area contributed by atoms with E-state index in [0.717, 1.165) is 24.9 Å². The van der Waals surface area contributed by atoms with Crippen LogP contribution in [0.1, 0.15) is 24.0 Å². The molecule has 3 heteroatoms. The Bertz CT molecular complexity index is 352. The minimum Gasteiger partial charge on any atom is -0.377 e. The fourth-order valence-electron chi connectivity index (χ4n) is 1.56. The van der Waals surface area contributed by atoms with Crippen molar-refractivity contribution < 1.29 is 9.13 Å². The standard InChI is InChI=1S/C14H20FNO/c1-3-4-5-8-17-11-13-9-12(10-16-2)6-7-14(13)15/h3,6-7,9,16H,1,4-5,8,10-11H2,2H3. The highest BCUT2D eigenvalue weighted by Crippen LogP contribution is 2.12. The van der Waals surface area contributed by atoms with Crippen molar-refractivity contribution in [3.05, 3.63) is 47.8 Å². The summed E-state index contributed by atoms with van der Waals surface area (Å²) in [6, 6.07) is 5.13. The molecular weight excluding hydrogens is 217 g/mol. The summed E-state index contributed by atoms with van der Waals surface area (Å²) in [6.07, 6.45) is 3.72. The molecule has 0 saturated carbocycles. The molecule has 0 spiro atoms. The van der Waals surface area contributed by atoms with E-state index in [2.05, 4.69) is 11.9 Å². The van der Waals surface area contributed by atoms with Crippen LogP contribution in [0.2, 0.25) is 0 Å². The van der Waals surface area contributed by atoms with Crippen LogP contribution in [-0.4, -0.2) is 13.7 Å². The lowest BCUT2D eigenvalue weighted by molar-refractivity contribution is 0.116. The van der Waals surface area contributed by atoms with Crippen LogP contribution in [-0.2, 0) is 17.9 Å². The first-order chi connectivity index (χ1) is 8.27. The molecule has 0 heterocycles. The summed E-state index contributed by atoms with van der Waals surface area (Å²) in [5.74, 6) is -0.200. The van der Waals surface area contributed by atoms with Crippen molar-refractivity contribution in [3.8, 4) is 0 Å². The Labute approximate surface area is 102 Å². The number of halogens is 1. The lowest BCUT2D eigenvalue weighted by atomic mass is 10.1. The highest BCUT2D eigenvalue weighted by atomic mass is 19.1. The molecule has 94 valence electrons. The van der Waals surface area contributed by atoms with E-state index in [-0.39, 0.29) is 5.82 Å². The third-order valence-electron chi connectivity index (χ3n) is 2.45. The van der Waals surface area contributed by atoms with Crippen LogP contribution < -0.4 is 5.32 Å². The van der Waals surface area contributed by atoms with Crippen molar-refractivity contribution >= 4 is 0 Å². The molecule has 0 aliphatic rings. The number of rotatable bonds is 8. The third kappa shape index (κ3) is 5.11. The number of hydrogen-bond donors (Lipinski definition) is 1. The highest BCUT2D eigenvalue weighted by Gasteiger charge is 2.03. The van der Waals surface area contributed by atoms with E-state index in [9.17, 15) is 4.39 Å². The van der Waals surface area contributed by atoms with Crippen molar-refractivity contribution in [3.63, 3.8) is 0 Å². The largest absolute Gasteiger partial charge is 0.377 e. The van der Waals surface area contributed by atoms with Gasteiger partial charge in [-0.3, -0.25) is 0 Å². The average Bonchev–Trinajstić information content (AvgIpc) is 2.33. The molecule has 1 aromatic carbocycles. The van der Waals surface area contributed by atoms with Gasteiger partial charge in [0.2, 0.25) is 0 Å². The van der Waals surface area contributed by atoms with Crippen LogP contribution in [0.5, 0.6) is 0 Å². The summed E-state index contributed by atoms with van der Waals surface area (Å²) < 4.78 is 18.9. The quantitative estimate of drug-likeness (QED) is 0.554. The monoisotopic (exact) mass is 237 g/mol. The van der Waals surface area contributed by atoms with Gasteiger partial charge in [0.25, 0.3) is 0 Å². The van der Waals surface area contributed by atoms with Crippen LogP contribution in [0.4, 0.5) is 4.39 Å². The van der Waals surface area contributed by atoms with Crippen LogP contribution in [0, 0.1) is 5.82 Å². The summed E-state index contributed by atoms with van der Waals surface area (Å²) in [6.45, 7) is 5.35. The van der Waals surface area contributed by atoms with Gasteiger partial charge in [-0.15, -0.1) is 6.58 Å². The molecule has 1 aromatic rings. The van der Waals surface area contributed by atoms with E-state index in [1.807, 2.05) is 19.2 Å². The predicted molar refractivity (Wildman–Crippen MR) is 68.3 cm³/mol. The summed E-state index contributed by atoms with van der Waals surface area (Å²) in [7, 11) is 1.87. The Morgan fingerprint density at radius 2 is 2.29 bits per heavy atom. The molecule has 17 heavy (non-hydrogen) atoms. The van der Waals surface area contributed by atoms with Crippen LogP contribution in [0.15, 0.2) is 30.9 Å². The Balaban J connectivity index is 2.45. The minimum atomic E-state index is -0.200. The summed E-state index contributed by atoms with van der Waals surface area (Å²) in [5, 5.41) is 3.04. The van der Waals surface area contributed by atoms with Gasteiger partial charge >= 0.3 is 0 Å². The second kappa shape index (κ2) is 7.98. The van der Waals surface area contributed by atoms with Crippen LogP contribution >= 0.6 is 0 Å². The predicted octanol–water partition coefficient (Wildman–Crippen LogP) is 3.03. The van der Waals surface area contributed by atoms with Gasteiger partial charge in [-0.25, -0.2) is 4.39 Å². The van der Waals surface area contributed by atoms with E-state index in [1.165, 1.54) is 6.07 Å². The van der Waals surface area contributed by atoms with Crippen LogP contribution in [0.3, 0.4) is 0 Å². The maximum atomic E-state index is 13.5. The van der Waals surface area contributed by atoms with Gasteiger partial charge in [0, 0.05) is 18.7 Å². The smallest absolute Gasteiger partial charge is 0.128 e. The van der Waals surface area contributed by atoms with Gasteiger partial charge < -0.3 is 10.1 Å². The SMILES string of the molecule is C=CCCCOCc1cc(CNC)ccc1F. The average molecular weight is 237 g/mol. The lowest BCUT2D eigenvalue weighted by Gasteiger charge is -2.07. The van der Waals surface area contributed by atoms with Crippen molar-refractivity contribution in [2.75, 3.05) is 13.7 Å².